The zero-order valence-electron chi connectivity index (χ0n) is 11.3. The molecule has 1 aromatic rings. The summed E-state index contributed by atoms with van der Waals surface area (Å²) < 4.78 is 12.0. The van der Waals surface area contributed by atoms with Crippen molar-refractivity contribution in [2.45, 2.75) is 51.6 Å². The summed E-state index contributed by atoms with van der Waals surface area (Å²) in [4.78, 5) is 0. The Morgan fingerprint density at radius 1 is 1.11 bits per heavy atom. The van der Waals surface area contributed by atoms with E-state index in [4.69, 9.17) is 9.31 Å². The van der Waals surface area contributed by atoms with Gasteiger partial charge in [-0.3, -0.25) is 0 Å². The first-order valence-corrected chi connectivity index (χ1v) is 7.22. The standard InChI is InChI=1S/C15H23BO2/c1-2-13-17-16(14-9-5-3-6-10-14)18-15-11-7-4-8-12-15/h3,5-6,9-10,15H,2,4,7-8,11-13H2,1H3. The molecule has 0 radical (unpaired) electrons. The first-order chi connectivity index (χ1) is 8.90. The van der Waals surface area contributed by atoms with Crippen molar-refractivity contribution in [1.82, 2.24) is 0 Å². The maximum atomic E-state index is 6.16. The highest BCUT2D eigenvalue weighted by Crippen LogP contribution is 2.21. The molecule has 0 aliphatic heterocycles. The lowest BCUT2D eigenvalue weighted by molar-refractivity contribution is 0.112. The molecule has 1 saturated carbocycles. The van der Waals surface area contributed by atoms with E-state index in [1.54, 1.807) is 0 Å². The summed E-state index contributed by atoms with van der Waals surface area (Å²) in [5.74, 6) is 0. The molecule has 0 aromatic heterocycles. The zero-order valence-corrected chi connectivity index (χ0v) is 11.3. The van der Waals surface area contributed by atoms with Crippen LogP contribution in [-0.4, -0.2) is 19.8 Å². The monoisotopic (exact) mass is 246 g/mol. The molecule has 0 heterocycles. The molecule has 0 N–H and O–H groups in total. The van der Waals surface area contributed by atoms with E-state index in [2.05, 4.69) is 19.1 Å². The van der Waals surface area contributed by atoms with Crippen LogP contribution >= 0.6 is 0 Å². The molecule has 0 unspecified atom stereocenters. The van der Waals surface area contributed by atoms with Crippen LogP contribution < -0.4 is 5.46 Å². The fourth-order valence-corrected chi connectivity index (χ4v) is 2.43. The van der Waals surface area contributed by atoms with E-state index < -0.39 is 0 Å². The van der Waals surface area contributed by atoms with Gasteiger partial charge in [-0.05, 0) is 24.7 Å². The van der Waals surface area contributed by atoms with Gasteiger partial charge in [0, 0.05) is 12.7 Å². The van der Waals surface area contributed by atoms with E-state index in [0.29, 0.717) is 6.10 Å². The van der Waals surface area contributed by atoms with E-state index in [-0.39, 0.29) is 7.12 Å². The Kier molecular flexibility index (Phi) is 5.75. The average molecular weight is 246 g/mol. The number of hydrogen-bond acceptors (Lipinski definition) is 2. The first kappa shape index (κ1) is 13.6. The molecule has 98 valence electrons. The van der Waals surface area contributed by atoms with E-state index in [0.717, 1.165) is 18.5 Å². The van der Waals surface area contributed by atoms with Gasteiger partial charge in [0.1, 0.15) is 0 Å². The molecule has 2 nitrogen and oxygen atoms in total. The summed E-state index contributed by atoms with van der Waals surface area (Å²) >= 11 is 0. The Morgan fingerprint density at radius 3 is 2.50 bits per heavy atom. The van der Waals surface area contributed by atoms with Crippen molar-refractivity contribution >= 4 is 12.6 Å². The first-order valence-electron chi connectivity index (χ1n) is 7.22. The van der Waals surface area contributed by atoms with E-state index in [9.17, 15) is 0 Å². The van der Waals surface area contributed by atoms with Crippen LogP contribution in [0.15, 0.2) is 30.3 Å². The summed E-state index contributed by atoms with van der Waals surface area (Å²) in [6, 6.07) is 10.3. The summed E-state index contributed by atoms with van der Waals surface area (Å²) in [5.41, 5.74) is 1.14. The molecule has 0 amide bonds. The summed E-state index contributed by atoms with van der Waals surface area (Å²) in [7, 11) is -0.186. The normalized spacial score (nSPS) is 16.7. The molecule has 0 atom stereocenters. The van der Waals surface area contributed by atoms with Crippen molar-refractivity contribution in [2.24, 2.45) is 0 Å². The van der Waals surface area contributed by atoms with E-state index in [1.165, 1.54) is 32.1 Å². The Bertz CT molecular complexity index is 323. The van der Waals surface area contributed by atoms with Crippen LogP contribution in [0.4, 0.5) is 0 Å². The van der Waals surface area contributed by atoms with Gasteiger partial charge in [-0.1, -0.05) is 56.5 Å². The highest BCUT2D eigenvalue weighted by molar-refractivity contribution is 6.61. The van der Waals surface area contributed by atoms with Crippen LogP contribution in [0, 0.1) is 0 Å². The third-order valence-electron chi connectivity index (χ3n) is 3.41. The molecule has 1 aliphatic carbocycles. The minimum absolute atomic E-state index is 0.186. The van der Waals surface area contributed by atoms with Gasteiger partial charge >= 0.3 is 7.12 Å². The third-order valence-corrected chi connectivity index (χ3v) is 3.41. The molecular formula is C15H23BO2. The maximum Gasteiger partial charge on any atom is 0.494 e. The van der Waals surface area contributed by atoms with Crippen molar-refractivity contribution in [3.05, 3.63) is 30.3 Å². The average Bonchev–Trinajstić information content (AvgIpc) is 2.45. The smallest absolute Gasteiger partial charge is 0.407 e. The molecule has 0 bridgehead atoms. The predicted octanol–water partition coefficient (Wildman–Crippen LogP) is 3.16. The van der Waals surface area contributed by atoms with Gasteiger partial charge < -0.3 is 9.31 Å². The molecule has 0 spiro atoms. The van der Waals surface area contributed by atoms with Crippen molar-refractivity contribution in [3.63, 3.8) is 0 Å². The number of rotatable bonds is 6. The van der Waals surface area contributed by atoms with Crippen LogP contribution in [0.1, 0.15) is 45.4 Å². The zero-order chi connectivity index (χ0) is 12.6. The van der Waals surface area contributed by atoms with Crippen LogP contribution in [0.25, 0.3) is 0 Å². The highest BCUT2D eigenvalue weighted by atomic mass is 16.6. The van der Waals surface area contributed by atoms with Crippen LogP contribution in [0.2, 0.25) is 0 Å². The van der Waals surface area contributed by atoms with Gasteiger partial charge in [0.05, 0.1) is 0 Å². The van der Waals surface area contributed by atoms with Crippen molar-refractivity contribution in [3.8, 4) is 0 Å². The lowest BCUT2D eigenvalue weighted by Crippen LogP contribution is -2.40. The topological polar surface area (TPSA) is 18.5 Å². The molecule has 18 heavy (non-hydrogen) atoms. The lowest BCUT2D eigenvalue weighted by atomic mass is 9.78. The second-order valence-electron chi connectivity index (χ2n) is 5.01. The van der Waals surface area contributed by atoms with Crippen LogP contribution in [-0.2, 0) is 9.31 Å². The van der Waals surface area contributed by atoms with Crippen LogP contribution in [0.3, 0.4) is 0 Å². The second-order valence-corrected chi connectivity index (χ2v) is 5.01. The van der Waals surface area contributed by atoms with E-state index in [1.807, 2.05) is 18.2 Å². The molecule has 3 heteroatoms. The van der Waals surface area contributed by atoms with Crippen molar-refractivity contribution < 1.29 is 9.31 Å². The van der Waals surface area contributed by atoms with Gasteiger partial charge in [-0.2, -0.15) is 0 Å². The third kappa shape index (κ3) is 4.15. The van der Waals surface area contributed by atoms with Crippen molar-refractivity contribution in [1.29, 1.82) is 0 Å². The fraction of sp³-hybridized carbons (Fsp3) is 0.600. The second kappa shape index (κ2) is 7.60. The fourth-order valence-electron chi connectivity index (χ4n) is 2.43. The number of benzene rings is 1. The lowest BCUT2D eigenvalue weighted by Gasteiger charge is -2.26. The van der Waals surface area contributed by atoms with Crippen molar-refractivity contribution in [2.75, 3.05) is 6.61 Å². The van der Waals surface area contributed by atoms with Gasteiger partial charge in [-0.25, -0.2) is 0 Å². The summed E-state index contributed by atoms with van der Waals surface area (Å²) in [6.07, 6.45) is 7.70. The predicted molar refractivity (Wildman–Crippen MR) is 76.0 cm³/mol. The maximum absolute atomic E-state index is 6.16. The van der Waals surface area contributed by atoms with Gasteiger partial charge in [0.2, 0.25) is 0 Å². The molecule has 0 saturated heterocycles. The van der Waals surface area contributed by atoms with Gasteiger partial charge in [0.25, 0.3) is 0 Å². The van der Waals surface area contributed by atoms with Gasteiger partial charge in [-0.15, -0.1) is 0 Å². The quantitative estimate of drug-likeness (QED) is 0.718. The summed E-state index contributed by atoms with van der Waals surface area (Å²) in [5, 5.41) is 0. The minimum atomic E-state index is -0.186. The molecular weight excluding hydrogens is 223 g/mol. The Hall–Kier alpha value is -0.795. The summed E-state index contributed by atoms with van der Waals surface area (Å²) in [6.45, 7) is 2.88. The van der Waals surface area contributed by atoms with Gasteiger partial charge in [0.15, 0.2) is 0 Å². The molecule has 1 aromatic carbocycles. The highest BCUT2D eigenvalue weighted by Gasteiger charge is 2.26. The largest absolute Gasteiger partial charge is 0.494 e. The Morgan fingerprint density at radius 2 is 1.83 bits per heavy atom. The Balaban J connectivity index is 1.95. The molecule has 2 rings (SSSR count). The number of hydrogen-bond donors (Lipinski definition) is 0. The Labute approximate surface area is 111 Å². The SMILES string of the molecule is CCCOB(OC1CCCCC1)c1ccccc1. The molecule has 1 fully saturated rings. The van der Waals surface area contributed by atoms with Crippen LogP contribution in [0.5, 0.6) is 0 Å². The minimum Gasteiger partial charge on any atom is -0.407 e. The molecule has 1 aliphatic rings. The van der Waals surface area contributed by atoms with E-state index >= 15 is 0 Å².